The maximum atomic E-state index is 8.56. The van der Waals surface area contributed by atoms with Crippen LogP contribution < -0.4 is 10.1 Å². The Balaban J connectivity index is 2.25. The maximum absolute atomic E-state index is 8.56. The molecular formula is C17H20N2O. The van der Waals surface area contributed by atoms with Gasteiger partial charge in [-0.1, -0.05) is 37.3 Å². The fourth-order valence-electron chi connectivity index (χ4n) is 2.22. The lowest BCUT2D eigenvalue weighted by molar-refractivity contribution is 0.309. The third-order valence-electron chi connectivity index (χ3n) is 3.24. The van der Waals surface area contributed by atoms with Gasteiger partial charge >= 0.3 is 0 Å². The molecule has 3 heteroatoms. The maximum Gasteiger partial charge on any atom is 0.124 e. The van der Waals surface area contributed by atoms with Crippen molar-refractivity contribution in [2.45, 2.75) is 26.3 Å². The molecule has 0 atom stereocenters. The van der Waals surface area contributed by atoms with Crippen molar-refractivity contribution in [2.24, 2.45) is 0 Å². The van der Waals surface area contributed by atoms with E-state index >= 15 is 0 Å². The van der Waals surface area contributed by atoms with Crippen LogP contribution in [0.3, 0.4) is 0 Å². The molecule has 0 heterocycles. The lowest BCUT2D eigenvalue weighted by atomic mass is 10.0. The van der Waals surface area contributed by atoms with Crippen LogP contribution in [0.2, 0.25) is 0 Å². The summed E-state index contributed by atoms with van der Waals surface area (Å²) < 4.78 is 5.85. The third-order valence-corrected chi connectivity index (χ3v) is 3.24. The van der Waals surface area contributed by atoms with Crippen LogP contribution >= 0.6 is 0 Å². The third kappa shape index (κ3) is 3.49. The Kier molecular flexibility index (Phi) is 5.40. The van der Waals surface area contributed by atoms with Gasteiger partial charge in [-0.2, -0.15) is 5.26 Å². The van der Waals surface area contributed by atoms with Gasteiger partial charge in [-0.25, -0.2) is 0 Å². The summed E-state index contributed by atoms with van der Waals surface area (Å²) in [6, 6.07) is 14.6. The van der Waals surface area contributed by atoms with Crippen molar-refractivity contribution in [3.63, 3.8) is 0 Å². The smallest absolute Gasteiger partial charge is 0.124 e. The van der Waals surface area contributed by atoms with Crippen molar-refractivity contribution in [2.75, 3.05) is 13.2 Å². The fraction of sp³-hybridized carbons (Fsp3) is 0.353. The summed E-state index contributed by atoms with van der Waals surface area (Å²) in [5.41, 5.74) is 1.20. The highest BCUT2D eigenvalue weighted by atomic mass is 16.5. The zero-order valence-corrected chi connectivity index (χ0v) is 11.9. The highest BCUT2D eigenvalue weighted by Gasteiger charge is 2.08. The van der Waals surface area contributed by atoms with Gasteiger partial charge in [-0.3, -0.25) is 0 Å². The number of fused-ring (bicyclic) bond motifs is 1. The van der Waals surface area contributed by atoms with E-state index in [1.54, 1.807) is 0 Å². The lowest BCUT2D eigenvalue weighted by Gasteiger charge is -2.14. The van der Waals surface area contributed by atoms with Crippen LogP contribution in [0.5, 0.6) is 5.75 Å². The largest absolute Gasteiger partial charge is 0.493 e. The number of hydrogen-bond acceptors (Lipinski definition) is 3. The first-order valence-corrected chi connectivity index (χ1v) is 7.08. The Morgan fingerprint density at radius 3 is 2.85 bits per heavy atom. The first kappa shape index (κ1) is 14.4. The van der Waals surface area contributed by atoms with Crippen LogP contribution in [0.1, 0.15) is 25.3 Å². The Morgan fingerprint density at radius 2 is 2.05 bits per heavy atom. The summed E-state index contributed by atoms with van der Waals surface area (Å²) in [5, 5.41) is 14.4. The van der Waals surface area contributed by atoms with Crippen molar-refractivity contribution in [1.82, 2.24) is 5.32 Å². The van der Waals surface area contributed by atoms with Gasteiger partial charge in [0.25, 0.3) is 0 Å². The van der Waals surface area contributed by atoms with E-state index in [0.29, 0.717) is 13.0 Å². The standard InChI is InChI=1S/C17H20N2O/c1-2-19-13-16-15-8-4-3-7-14(15)9-10-17(16)20-12-6-5-11-18/h3-4,7-10,19H,2,5-6,12-13H2,1H3. The number of nitriles is 1. The molecule has 0 spiro atoms. The van der Waals surface area contributed by atoms with Gasteiger partial charge in [-0.15, -0.1) is 0 Å². The number of nitrogens with one attached hydrogen (secondary N) is 1. The molecule has 0 saturated heterocycles. The molecule has 2 rings (SSSR count). The summed E-state index contributed by atoms with van der Waals surface area (Å²) in [5.74, 6) is 0.919. The van der Waals surface area contributed by atoms with Crippen molar-refractivity contribution in [3.8, 4) is 11.8 Å². The van der Waals surface area contributed by atoms with Crippen molar-refractivity contribution in [1.29, 1.82) is 5.26 Å². The number of ether oxygens (including phenoxy) is 1. The molecule has 2 aromatic carbocycles. The van der Waals surface area contributed by atoms with Crippen LogP contribution in [0, 0.1) is 11.3 Å². The minimum Gasteiger partial charge on any atom is -0.493 e. The molecule has 104 valence electrons. The molecule has 0 fully saturated rings. The van der Waals surface area contributed by atoms with Crippen molar-refractivity contribution < 1.29 is 4.74 Å². The van der Waals surface area contributed by atoms with Crippen LogP contribution in [0.15, 0.2) is 36.4 Å². The van der Waals surface area contributed by atoms with Gasteiger partial charge < -0.3 is 10.1 Å². The Bertz CT molecular complexity index is 601. The Hall–Kier alpha value is -2.05. The lowest BCUT2D eigenvalue weighted by Crippen LogP contribution is -2.13. The molecule has 0 saturated carbocycles. The van der Waals surface area contributed by atoms with Crippen molar-refractivity contribution in [3.05, 3.63) is 42.0 Å². The van der Waals surface area contributed by atoms with Crippen molar-refractivity contribution >= 4 is 10.8 Å². The summed E-state index contributed by atoms with van der Waals surface area (Å²) in [6.07, 6.45) is 1.31. The van der Waals surface area contributed by atoms with Crippen LogP contribution in [-0.4, -0.2) is 13.2 Å². The van der Waals surface area contributed by atoms with E-state index in [9.17, 15) is 0 Å². The second-order valence-corrected chi connectivity index (χ2v) is 4.65. The number of hydrogen-bond donors (Lipinski definition) is 1. The Labute approximate surface area is 120 Å². The SMILES string of the molecule is CCNCc1c(OCCCC#N)ccc2ccccc12. The van der Waals surface area contributed by atoms with E-state index in [4.69, 9.17) is 10.00 Å². The minimum atomic E-state index is 0.538. The van der Waals surface area contributed by atoms with E-state index in [1.807, 2.05) is 12.1 Å². The number of unbranched alkanes of at least 4 members (excludes halogenated alkanes) is 1. The minimum absolute atomic E-state index is 0.538. The molecular weight excluding hydrogens is 248 g/mol. The molecule has 0 unspecified atom stereocenters. The summed E-state index contributed by atoms with van der Waals surface area (Å²) >= 11 is 0. The number of nitrogens with zero attached hydrogens (tertiary/aromatic N) is 1. The fourth-order valence-corrected chi connectivity index (χ4v) is 2.22. The second kappa shape index (κ2) is 7.52. The topological polar surface area (TPSA) is 45.0 Å². The van der Waals surface area contributed by atoms with Gasteiger partial charge in [0.2, 0.25) is 0 Å². The van der Waals surface area contributed by atoms with Crippen LogP contribution in [0.25, 0.3) is 10.8 Å². The predicted octanol–water partition coefficient (Wildman–Crippen LogP) is 3.63. The first-order valence-electron chi connectivity index (χ1n) is 7.08. The molecule has 0 bridgehead atoms. The molecule has 20 heavy (non-hydrogen) atoms. The molecule has 0 radical (unpaired) electrons. The predicted molar refractivity (Wildman–Crippen MR) is 81.7 cm³/mol. The number of rotatable bonds is 7. The first-order chi connectivity index (χ1) is 9.86. The summed E-state index contributed by atoms with van der Waals surface area (Å²) in [4.78, 5) is 0. The molecule has 0 aromatic heterocycles. The molecule has 3 nitrogen and oxygen atoms in total. The van der Waals surface area contributed by atoms with E-state index in [-0.39, 0.29) is 0 Å². The summed E-state index contributed by atoms with van der Waals surface area (Å²) in [6.45, 7) is 4.41. The van der Waals surface area contributed by atoms with Gasteiger partial charge in [-0.05, 0) is 29.8 Å². The van der Waals surface area contributed by atoms with Gasteiger partial charge in [0.15, 0.2) is 0 Å². The van der Waals surface area contributed by atoms with E-state index in [0.717, 1.165) is 25.3 Å². The zero-order valence-electron chi connectivity index (χ0n) is 11.9. The van der Waals surface area contributed by atoms with Crippen LogP contribution in [0.4, 0.5) is 0 Å². The highest BCUT2D eigenvalue weighted by Crippen LogP contribution is 2.28. The van der Waals surface area contributed by atoms with Gasteiger partial charge in [0.05, 0.1) is 12.7 Å². The summed E-state index contributed by atoms with van der Waals surface area (Å²) in [7, 11) is 0. The van der Waals surface area contributed by atoms with Crippen LogP contribution in [-0.2, 0) is 6.54 Å². The molecule has 2 aromatic rings. The van der Waals surface area contributed by atoms with Gasteiger partial charge in [0.1, 0.15) is 5.75 Å². The normalized spacial score (nSPS) is 10.4. The average Bonchev–Trinajstić information content (AvgIpc) is 2.50. The highest BCUT2D eigenvalue weighted by molar-refractivity contribution is 5.87. The molecule has 1 N–H and O–H groups in total. The van der Waals surface area contributed by atoms with E-state index in [1.165, 1.54) is 16.3 Å². The Morgan fingerprint density at radius 1 is 1.20 bits per heavy atom. The average molecular weight is 268 g/mol. The number of benzene rings is 2. The quantitative estimate of drug-likeness (QED) is 0.780. The second-order valence-electron chi connectivity index (χ2n) is 4.65. The molecule has 0 aliphatic carbocycles. The van der Waals surface area contributed by atoms with E-state index in [2.05, 4.69) is 42.6 Å². The monoisotopic (exact) mass is 268 g/mol. The molecule has 0 aliphatic rings. The zero-order chi connectivity index (χ0) is 14.2. The van der Waals surface area contributed by atoms with E-state index < -0.39 is 0 Å². The molecule has 0 amide bonds. The molecule has 0 aliphatic heterocycles. The van der Waals surface area contributed by atoms with Gasteiger partial charge in [0, 0.05) is 18.5 Å².